The van der Waals surface area contributed by atoms with Crippen molar-refractivity contribution in [2.75, 3.05) is 13.7 Å². The van der Waals surface area contributed by atoms with Crippen molar-refractivity contribution in [1.29, 1.82) is 0 Å². The first-order chi connectivity index (χ1) is 11.2. The fraction of sp³-hybridized carbons (Fsp3) is 0.353. The average Bonchev–Trinajstić information content (AvgIpc) is 2.59. The molecule has 6 heteroatoms. The molecule has 1 aliphatic carbocycles. The van der Waals surface area contributed by atoms with Crippen LogP contribution >= 0.6 is 0 Å². The molecule has 1 aromatic carbocycles. The maximum atomic E-state index is 12.1. The number of methoxy groups -OCH3 is 1. The Morgan fingerprint density at radius 2 is 2.26 bits per heavy atom. The van der Waals surface area contributed by atoms with Crippen molar-refractivity contribution in [1.82, 2.24) is 15.5 Å². The number of nitrogens with one attached hydrogen (secondary N) is 2. The molecule has 0 radical (unpaired) electrons. The van der Waals surface area contributed by atoms with Crippen molar-refractivity contribution >= 4 is 5.91 Å². The van der Waals surface area contributed by atoms with E-state index in [1.54, 1.807) is 7.11 Å². The molecule has 120 valence electrons. The molecule has 0 aliphatic heterocycles. The zero-order valence-electron chi connectivity index (χ0n) is 13.0. The minimum absolute atomic E-state index is 0.218. The summed E-state index contributed by atoms with van der Waals surface area (Å²) < 4.78 is 5.27. The van der Waals surface area contributed by atoms with Crippen molar-refractivity contribution in [2.45, 2.75) is 25.2 Å². The summed E-state index contributed by atoms with van der Waals surface area (Å²) in [6.45, 7) is 0.555. The molecule has 1 heterocycles. The summed E-state index contributed by atoms with van der Waals surface area (Å²) in [5.74, 6) is 0.879. The summed E-state index contributed by atoms with van der Waals surface area (Å²) in [5, 5.41) is 8.91. The number of carbonyl (C=O) groups excluding carboxylic acids is 1. The van der Waals surface area contributed by atoms with E-state index in [0.29, 0.717) is 6.54 Å². The number of H-pyrrole nitrogens is 1. The predicted molar refractivity (Wildman–Crippen MR) is 85.9 cm³/mol. The number of rotatable bonds is 4. The van der Waals surface area contributed by atoms with Crippen LogP contribution in [-0.4, -0.2) is 29.8 Å². The molecule has 1 aromatic heterocycles. The fourth-order valence-electron chi connectivity index (χ4n) is 3.01. The Kier molecular flexibility index (Phi) is 4.41. The molecule has 6 nitrogen and oxygen atoms in total. The van der Waals surface area contributed by atoms with E-state index >= 15 is 0 Å². The molecule has 23 heavy (non-hydrogen) atoms. The van der Waals surface area contributed by atoms with Crippen LogP contribution in [0.15, 0.2) is 35.1 Å². The third-order valence-electron chi connectivity index (χ3n) is 4.21. The Hall–Kier alpha value is -2.63. The quantitative estimate of drug-likeness (QED) is 0.898. The second-order valence-electron chi connectivity index (χ2n) is 5.67. The van der Waals surface area contributed by atoms with Crippen molar-refractivity contribution in [2.24, 2.45) is 0 Å². The fourth-order valence-corrected chi connectivity index (χ4v) is 3.01. The minimum atomic E-state index is -0.322. The monoisotopic (exact) mass is 313 g/mol. The van der Waals surface area contributed by atoms with Crippen molar-refractivity contribution < 1.29 is 9.53 Å². The predicted octanol–water partition coefficient (Wildman–Crippen LogP) is 1.63. The van der Waals surface area contributed by atoms with Crippen LogP contribution in [0, 0.1) is 0 Å². The molecule has 0 bridgehead atoms. The Labute approximate surface area is 133 Å². The standard InChI is InChI=1S/C17H19N3O3/c1-23-13-5-6-14-11(9-13)3-2-4-12(14)10-18-17(22)15-7-8-16(21)20-19-15/h5-9,12H,2-4,10H2,1H3,(H,18,22)(H,20,21)/t12-/m1/s1. The third kappa shape index (κ3) is 3.41. The summed E-state index contributed by atoms with van der Waals surface area (Å²) in [7, 11) is 1.67. The van der Waals surface area contributed by atoms with E-state index in [-0.39, 0.29) is 23.1 Å². The van der Waals surface area contributed by atoms with Gasteiger partial charge in [0.1, 0.15) is 11.4 Å². The van der Waals surface area contributed by atoms with Gasteiger partial charge < -0.3 is 10.1 Å². The van der Waals surface area contributed by atoms with Gasteiger partial charge in [0.05, 0.1) is 7.11 Å². The van der Waals surface area contributed by atoms with Gasteiger partial charge in [-0.25, -0.2) is 5.10 Å². The molecule has 2 N–H and O–H groups in total. The average molecular weight is 313 g/mol. The van der Waals surface area contributed by atoms with Gasteiger partial charge >= 0.3 is 0 Å². The molecule has 3 rings (SSSR count). The van der Waals surface area contributed by atoms with E-state index in [1.807, 2.05) is 6.07 Å². The number of amides is 1. The lowest BCUT2D eigenvalue weighted by atomic mass is 9.82. The molecule has 0 saturated heterocycles. The Balaban J connectivity index is 1.69. The van der Waals surface area contributed by atoms with Crippen LogP contribution in [0.4, 0.5) is 0 Å². The SMILES string of the molecule is COc1ccc2c(c1)CCC[C@@H]2CNC(=O)c1ccc(=O)[nH]n1. The Bertz CT molecular complexity index is 749. The lowest BCUT2D eigenvalue weighted by Gasteiger charge is -2.26. The van der Waals surface area contributed by atoms with Gasteiger partial charge in [0.25, 0.3) is 11.5 Å². The largest absolute Gasteiger partial charge is 0.497 e. The molecule has 0 fully saturated rings. The molecule has 0 spiro atoms. The number of hydrogen-bond donors (Lipinski definition) is 2. The first-order valence-corrected chi connectivity index (χ1v) is 7.68. The number of nitrogens with zero attached hydrogens (tertiary/aromatic N) is 1. The molecule has 0 saturated carbocycles. The van der Waals surface area contributed by atoms with E-state index in [9.17, 15) is 9.59 Å². The highest BCUT2D eigenvalue weighted by atomic mass is 16.5. The lowest BCUT2D eigenvalue weighted by Crippen LogP contribution is -2.31. The molecule has 1 amide bonds. The number of aromatic nitrogens is 2. The lowest BCUT2D eigenvalue weighted by molar-refractivity contribution is 0.0944. The van der Waals surface area contributed by atoms with Gasteiger partial charge in [0.2, 0.25) is 0 Å². The number of fused-ring (bicyclic) bond motifs is 1. The molecule has 1 aliphatic rings. The van der Waals surface area contributed by atoms with E-state index < -0.39 is 0 Å². The second-order valence-corrected chi connectivity index (χ2v) is 5.67. The Morgan fingerprint density at radius 1 is 1.39 bits per heavy atom. The number of aryl methyl sites for hydroxylation is 1. The first-order valence-electron chi connectivity index (χ1n) is 7.68. The van der Waals surface area contributed by atoms with Crippen LogP contribution in [0.1, 0.15) is 40.4 Å². The summed E-state index contributed by atoms with van der Waals surface area (Å²) in [6.07, 6.45) is 3.18. The number of ether oxygens (including phenoxy) is 1. The van der Waals surface area contributed by atoms with Crippen LogP contribution in [0.2, 0.25) is 0 Å². The van der Waals surface area contributed by atoms with E-state index in [4.69, 9.17) is 4.74 Å². The number of hydrogen-bond acceptors (Lipinski definition) is 4. The van der Waals surface area contributed by atoms with Gasteiger partial charge in [-0.1, -0.05) is 6.07 Å². The topological polar surface area (TPSA) is 84.1 Å². The first kappa shape index (κ1) is 15.3. The van der Waals surface area contributed by atoms with Crippen LogP contribution in [0.25, 0.3) is 0 Å². The minimum Gasteiger partial charge on any atom is -0.497 e. The smallest absolute Gasteiger partial charge is 0.271 e. The molecule has 0 unspecified atom stereocenters. The Morgan fingerprint density at radius 3 is 3.00 bits per heavy atom. The van der Waals surface area contributed by atoms with Crippen molar-refractivity contribution in [3.63, 3.8) is 0 Å². The zero-order valence-corrected chi connectivity index (χ0v) is 13.0. The van der Waals surface area contributed by atoms with Gasteiger partial charge in [-0.15, -0.1) is 0 Å². The summed E-state index contributed by atoms with van der Waals surface area (Å²) in [4.78, 5) is 23.1. The van der Waals surface area contributed by atoms with Crippen molar-refractivity contribution in [3.8, 4) is 5.75 Å². The highest BCUT2D eigenvalue weighted by Gasteiger charge is 2.21. The van der Waals surface area contributed by atoms with Crippen LogP contribution in [0.5, 0.6) is 5.75 Å². The van der Waals surface area contributed by atoms with Gasteiger partial charge in [-0.2, -0.15) is 5.10 Å². The summed E-state index contributed by atoms with van der Waals surface area (Å²) in [6, 6.07) is 8.84. The van der Waals surface area contributed by atoms with Crippen molar-refractivity contribution in [3.05, 3.63) is 57.5 Å². The molecular weight excluding hydrogens is 294 g/mol. The van der Waals surface area contributed by atoms with E-state index in [0.717, 1.165) is 25.0 Å². The van der Waals surface area contributed by atoms with E-state index in [1.165, 1.54) is 23.3 Å². The molecule has 1 atom stereocenters. The number of carbonyl (C=O) groups is 1. The summed E-state index contributed by atoms with van der Waals surface area (Å²) >= 11 is 0. The maximum Gasteiger partial charge on any atom is 0.271 e. The molecule has 2 aromatic rings. The molecular formula is C17H19N3O3. The highest BCUT2D eigenvalue weighted by Crippen LogP contribution is 2.33. The van der Waals surface area contributed by atoms with Gasteiger partial charge in [0.15, 0.2) is 0 Å². The number of benzene rings is 1. The van der Waals surface area contributed by atoms with Crippen LogP contribution < -0.4 is 15.6 Å². The van der Waals surface area contributed by atoms with E-state index in [2.05, 4.69) is 27.6 Å². The van der Waals surface area contributed by atoms with Gasteiger partial charge in [-0.05, 0) is 48.6 Å². The second kappa shape index (κ2) is 6.64. The number of aromatic amines is 1. The maximum absolute atomic E-state index is 12.1. The summed E-state index contributed by atoms with van der Waals surface area (Å²) in [5.41, 5.74) is 2.45. The normalized spacial score (nSPS) is 16.5. The van der Waals surface area contributed by atoms with Gasteiger partial charge in [0, 0.05) is 18.5 Å². The van der Waals surface area contributed by atoms with Crippen LogP contribution in [0.3, 0.4) is 0 Å². The zero-order chi connectivity index (χ0) is 16.2. The van der Waals surface area contributed by atoms with Gasteiger partial charge in [-0.3, -0.25) is 9.59 Å². The van der Waals surface area contributed by atoms with Crippen LogP contribution in [-0.2, 0) is 6.42 Å². The third-order valence-corrected chi connectivity index (χ3v) is 4.21. The highest BCUT2D eigenvalue weighted by molar-refractivity contribution is 5.92.